The van der Waals surface area contributed by atoms with E-state index in [2.05, 4.69) is 26.3 Å². The molecule has 1 aromatic heterocycles. The lowest BCUT2D eigenvalue weighted by molar-refractivity contribution is 0.175. The molecule has 1 fully saturated rings. The number of methoxy groups -OCH3 is 1. The monoisotopic (exact) mass is 315 g/mol. The Labute approximate surface area is 115 Å². The number of hydrogen-bond acceptors (Lipinski definition) is 4. The average Bonchev–Trinajstić information content (AvgIpc) is 3.13. The number of anilines is 1. The largest absolute Gasteiger partial charge is 0.385 e. The van der Waals surface area contributed by atoms with Gasteiger partial charge in [-0.05, 0) is 40.6 Å². The van der Waals surface area contributed by atoms with Crippen LogP contribution in [0.2, 0.25) is 0 Å². The minimum absolute atomic E-state index is 0.123. The maximum atomic E-state index is 11.7. The van der Waals surface area contributed by atoms with Crippen LogP contribution in [0.15, 0.2) is 15.5 Å². The van der Waals surface area contributed by atoms with Gasteiger partial charge in [0.15, 0.2) is 0 Å². The van der Waals surface area contributed by atoms with Crippen LogP contribution < -0.4 is 10.9 Å². The van der Waals surface area contributed by atoms with Gasteiger partial charge in [0.1, 0.15) is 4.47 Å². The quantitative estimate of drug-likeness (QED) is 0.869. The highest BCUT2D eigenvalue weighted by Gasteiger charge is 2.41. The van der Waals surface area contributed by atoms with Gasteiger partial charge < -0.3 is 10.1 Å². The maximum absolute atomic E-state index is 11.7. The first-order valence-electron chi connectivity index (χ1n) is 6.03. The van der Waals surface area contributed by atoms with E-state index in [0.29, 0.717) is 9.89 Å². The molecule has 0 bridgehead atoms. The molecule has 0 saturated heterocycles. The zero-order valence-corrected chi connectivity index (χ0v) is 12.3. The zero-order valence-electron chi connectivity index (χ0n) is 10.7. The minimum atomic E-state index is -0.123. The molecule has 1 saturated carbocycles. The van der Waals surface area contributed by atoms with Crippen LogP contribution in [0.25, 0.3) is 0 Å². The Morgan fingerprint density at radius 1 is 1.61 bits per heavy atom. The number of nitrogens with zero attached hydrogens (tertiary/aromatic N) is 2. The Balaban J connectivity index is 1.99. The minimum Gasteiger partial charge on any atom is -0.385 e. The fourth-order valence-corrected chi connectivity index (χ4v) is 2.43. The standard InChI is InChI=1S/C12H18BrN3O2/c1-16-11(17)10(13)9(7-15-16)14-8-12(3-4-12)5-6-18-2/h7,14H,3-6,8H2,1-2H3. The summed E-state index contributed by atoms with van der Waals surface area (Å²) in [7, 11) is 3.36. The van der Waals surface area contributed by atoms with Crippen molar-refractivity contribution >= 4 is 21.6 Å². The van der Waals surface area contributed by atoms with Gasteiger partial charge in [-0.2, -0.15) is 5.10 Å². The molecule has 1 N–H and O–H groups in total. The highest BCUT2D eigenvalue weighted by Crippen LogP contribution is 2.48. The molecule has 1 aromatic rings. The van der Waals surface area contributed by atoms with Crippen molar-refractivity contribution in [3.05, 3.63) is 21.0 Å². The van der Waals surface area contributed by atoms with E-state index in [9.17, 15) is 4.79 Å². The molecule has 18 heavy (non-hydrogen) atoms. The van der Waals surface area contributed by atoms with E-state index >= 15 is 0 Å². The molecule has 100 valence electrons. The maximum Gasteiger partial charge on any atom is 0.282 e. The third-order valence-electron chi connectivity index (χ3n) is 3.53. The van der Waals surface area contributed by atoms with Crippen LogP contribution in [-0.2, 0) is 11.8 Å². The van der Waals surface area contributed by atoms with Gasteiger partial charge in [0.25, 0.3) is 5.56 Å². The Morgan fingerprint density at radius 2 is 2.33 bits per heavy atom. The van der Waals surface area contributed by atoms with Gasteiger partial charge in [-0.15, -0.1) is 0 Å². The highest BCUT2D eigenvalue weighted by atomic mass is 79.9. The second-order valence-corrected chi connectivity index (χ2v) is 5.69. The molecule has 1 heterocycles. The van der Waals surface area contributed by atoms with Crippen molar-refractivity contribution in [3.8, 4) is 0 Å². The fourth-order valence-electron chi connectivity index (χ4n) is 1.93. The number of nitrogens with one attached hydrogen (secondary N) is 1. The molecular formula is C12H18BrN3O2. The number of hydrogen-bond donors (Lipinski definition) is 1. The van der Waals surface area contributed by atoms with E-state index < -0.39 is 0 Å². The average molecular weight is 316 g/mol. The van der Waals surface area contributed by atoms with Gasteiger partial charge >= 0.3 is 0 Å². The predicted molar refractivity (Wildman–Crippen MR) is 73.8 cm³/mol. The van der Waals surface area contributed by atoms with E-state index in [0.717, 1.165) is 25.3 Å². The lowest BCUT2D eigenvalue weighted by Gasteiger charge is -2.16. The van der Waals surface area contributed by atoms with Crippen molar-refractivity contribution in [2.45, 2.75) is 19.3 Å². The third kappa shape index (κ3) is 2.92. The molecule has 0 atom stereocenters. The summed E-state index contributed by atoms with van der Waals surface area (Å²) in [5, 5.41) is 7.32. The molecule has 1 aliphatic rings. The second kappa shape index (κ2) is 5.40. The van der Waals surface area contributed by atoms with Crippen LogP contribution >= 0.6 is 15.9 Å². The molecule has 6 heteroatoms. The van der Waals surface area contributed by atoms with Crippen LogP contribution in [0.3, 0.4) is 0 Å². The van der Waals surface area contributed by atoms with Crippen molar-refractivity contribution < 1.29 is 4.74 Å². The zero-order chi connectivity index (χ0) is 13.2. The number of rotatable bonds is 6. The van der Waals surface area contributed by atoms with Crippen molar-refractivity contribution in [3.63, 3.8) is 0 Å². The number of aromatic nitrogens is 2. The smallest absolute Gasteiger partial charge is 0.282 e. The second-order valence-electron chi connectivity index (χ2n) is 4.90. The predicted octanol–water partition coefficient (Wildman–Crippen LogP) is 1.77. The Kier molecular flexibility index (Phi) is 4.07. The molecule has 0 aliphatic heterocycles. The Hall–Kier alpha value is -0.880. The number of halogens is 1. The van der Waals surface area contributed by atoms with E-state index in [4.69, 9.17) is 4.74 Å². The first-order valence-corrected chi connectivity index (χ1v) is 6.82. The van der Waals surface area contributed by atoms with Crippen LogP contribution in [0.5, 0.6) is 0 Å². The fraction of sp³-hybridized carbons (Fsp3) is 0.667. The van der Waals surface area contributed by atoms with Crippen molar-refractivity contribution in [2.24, 2.45) is 12.5 Å². The van der Waals surface area contributed by atoms with Gasteiger partial charge in [0, 0.05) is 27.3 Å². The Morgan fingerprint density at radius 3 is 2.94 bits per heavy atom. The third-order valence-corrected chi connectivity index (χ3v) is 4.29. The summed E-state index contributed by atoms with van der Waals surface area (Å²) in [6.45, 7) is 1.65. The van der Waals surface area contributed by atoms with E-state index in [1.165, 1.54) is 17.5 Å². The van der Waals surface area contributed by atoms with Gasteiger partial charge in [0.05, 0.1) is 11.9 Å². The number of ether oxygens (including phenoxy) is 1. The summed E-state index contributed by atoms with van der Waals surface area (Å²) in [6.07, 6.45) is 5.18. The van der Waals surface area contributed by atoms with Crippen molar-refractivity contribution in [1.29, 1.82) is 0 Å². The Bertz CT molecular complexity index is 483. The molecule has 5 nitrogen and oxygen atoms in total. The van der Waals surface area contributed by atoms with Gasteiger partial charge in [-0.25, -0.2) is 4.68 Å². The normalized spacial score (nSPS) is 16.6. The molecule has 0 unspecified atom stereocenters. The van der Waals surface area contributed by atoms with Crippen molar-refractivity contribution in [2.75, 3.05) is 25.6 Å². The van der Waals surface area contributed by atoms with Crippen LogP contribution in [0, 0.1) is 5.41 Å². The van der Waals surface area contributed by atoms with Gasteiger partial charge in [0.2, 0.25) is 0 Å². The van der Waals surface area contributed by atoms with Gasteiger partial charge in [-0.3, -0.25) is 4.79 Å². The van der Waals surface area contributed by atoms with E-state index in [-0.39, 0.29) is 5.56 Å². The molecule has 0 radical (unpaired) electrons. The molecule has 0 spiro atoms. The SMILES string of the molecule is COCCC1(CNc2cnn(C)c(=O)c2Br)CC1. The molecule has 1 aliphatic carbocycles. The summed E-state index contributed by atoms with van der Waals surface area (Å²) in [5.41, 5.74) is 0.986. The molecule has 0 amide bonds. The molecular weight excluding hydrogens is 298 g/mol. The summed E-state index contributed by atoms with van der Waals surface area (Å²) >= 11 is 3.31. The first kappa shape index (κ1) is 13.5. The van der Waals surface area contributed by atoms with Crippen LogP contribution in [-0.4, -0.2) is 30.0 Å². The topological polar surface area (TPSA) is 56.1 Å². The van der Waals surface area contributed by atoms with Crippen LogP contribution in [0.4, 0.5) is 5.69 Å². The van der Waals surface area contributed by atoms with Gasteiger partial charge in [-0.1, -0.05) is 0 Å². The lowest BCUT2D eigenvalue weighted by atomic mass is 10.0. The molecule has 0 aromatic carbocycles. The van der Waals surface area contributed by atoms with E-state index in [1.54, 1.807) is 20.4 Å². The molecule has 2 rings (SSSR count). The first-order chi connectivity index (χ1) is 8.58. The van der Waals surface area contributed by atoms with E-state index in [1.807, 2.05) is 0 Å². The summed E-state index contributed by atoms with van der Waals surface area (Å²) < 4.78 is 6.98. The summed E-state index contributed by atoms with van der Waals surface area (Å²) in [6, 6.07) is 0. The summed E-state index contributed by atoms with van der Waals surface area (Å²) in [5.74, 6) is 0. The lowest BCUT2D eigenvalue weighted by Crippen LogP contribution is -2.23. The summed E-state index contributed by atoms with van der Waals surface area (Å²) in [4.78, 5) is 11.7. The number of aryl methyl sites for hydroxylation is 1. The van der Waals surface area contributed by atoms with Crippen molar-refractivity contribution in [1.82, 2.24) is 9.78 Å². The highest BCUT2D eigenvalue weighted by molar-refractivity contribution is 9.10. The van der Waals surface area contributed by atoms with Crippen LogP contribution in [0.1, 0.15) is 19.3 Å².